The fourth-order valence-corrected chi connectivity index (χ4v) is 4.23. The lowest BCUT2D eigenvalue weighted by Crippen LogP contribution is -2.46. The number of nitrogens with zero attached hydrogens (tertiary/aromatic N) is 1. The molecule has 136 valence electrons. The average Bonchev–Trinajstić information content (AvgIpc) is 2.49. The van der Waals surface area contributed by atoms with Crippen molar-refractivity contribution >= 4 is 21.8 Å². The molecule has 1 aromatic rings. The van der Waals surface area contributed by atoms with Crippen molar-refractivity contribution in [3.05, 3.63) is 34.9 Å². The van der Waals surface area contributed by atoms with E-state index >= 15 is 0 Å². The van der Waals surface area contributed by atoms with Crippen LogP contribution in [-0.4, -0.2) is 39.0 Å². The van der Waals surface area contributed by atoms with Crippen LogP contribution < -0.4 is 9.44 Å². The Morgan fingerprint density at radius 3 is 2.33 bits per heavy atom. The molecular formula is C17H28ClN3O2S. The van der Waals surface area contributed by atoms with Crippen molar-refractivity contribution in [3.63, 3.8) is 0 Å². The molecule has 1 aliphatic heterocycles. The Hall–Kier alpha value is -0.660. The summed E-state index contributed by atoms with van der Waals surface area (Å²) in [5, 5.41) is 0.687. The fourth-order valence-electron chi connectivity index (χ4n) is 3.02. The average molecular weight is 374 g/mol. The summed E-state index contributed by atoms with van der Waals surface area (Å²) in [5.41, 5.74) is 1.08. The second-order valence-corrected chi connectivity index (χ2v) is 8.88. The summed E-state index contributed by atoms with van der Waals surface area (Å²) in [5.74, 6) is 0.728. The number of halogens is 1. The Labute approximate surface area is 150 Å². The van der Waals surface area contributed by atoms with E-state index in [1.54, 1.807) is 0 Å². The molecule has 2 N–H and O–H groups in total. The number of piperidine rings is 1. The van der Waals surface area contributed by atoms with Crippen LogP contribution in [0, 0.1) is 5.92 Å². The molecule has 24 heavy (non-hydrogen) atoms. The highest BCUT2D eigenvalue weighted by molar-refractivity contribution is 7.87. The largest absolute Gasteiger partial charge is 0.295 e. The van der Waals surface area contributed by atoms with Crippen LogP contribution in [0.4, 0.5) is 0 Å². The summed E-state index contributed by atoms with van der Waals surface area (Å²) in [4.78, 5) is 2.36. The third-order valence-electron chi connectivity index (χ3n) is 4.37. The minimum Gasteiger partial charge on any atom is -0.295 e. The van der Waals surface area contributed by atoms with E-state index in [1.165, 1.54) is 0 Å². The first-order valence-electron chi connectivity index (χ1n) is 8.53. The standard InChI is InChI=1S/C17H28ClN3O2S/c1-13(2)20-24(22,23)19-12-17(15-4-6-16(18)7-5-15)21-10-8-14(3)9-11-21/h4-7,13-14,17,19-20H,8-12H2,1-3H3. The van der Waals surface area contributed by atoms with Gasteiger partial charge in [0.15, 0.2) is 0 Å². The van der Waals surface area contributed by atoms with Crippen LogP contribution in [0.5, 0.6) is 0 Å². The lowest BCUT2D eigenvalue weighted by molar-refractivity contribution is 0.139. The first-order valence-corrected chi connectivity index (χ1v) is 10.4. The van der Waals surface area contributed by atoms with Crippen LogP contribution in [0.3, 0.4) is 0 Å². The van der Waals surface area contributed by atoms with Crippen LogP contribution in [0.1, 0.15) is 45.2 Å². The molecule has 0 amide bonds. The molecule has 1 aliphatic rings. The Morgan fingerprint density at radius 1 is 1.21 bits per heavy atom. The molecule has 1 atom stereocenters. The van der Waals surface area contributed by atoms with E-state index in [0.29, 0.717) is 11.6 Å². The van der Waals surface area contributed by atoms with Gasteiger partial charge in [-0.3, -0.25) is 4.90 Å². The van der Waals surface area contributed by atoms with E-state index in [2.05, 4.69) is 21.3 Å². The first-order chi connectivity index (χ1) is 11.3. The molecule has 1 fully saturated rings. The summed E-state index contributed by atoms with van der Waals surface area (Å²) in [7, 11) is -3.49. The number of rotatable bonds is 7. The van der Waals surface area contributed by atoms with Crippen LogP contribution in [-0.2, 0) is 10.2 Å². The molecule has 0 spiro atoms. The van der Waals surface area contributed by atoms with Crippen molar-refractivity contribution in [3.8, 4) is 0 Å². The molecule has 5 nitrogen and oxygen atoms in total. The minimum absolute atomic E-state index is 0.0125. The van der Waals surface area contributed by atoms with E-state index in [4.69, 9.17) is 11.6 Å². The predicted octanol–water partition coefficient (Wildman–Crippen LogP) is 2.95. The van der Waals surface area contributed by atoms with Crippen molar-refractivity contribution in [1.82, 2.24) is 14.3 Å². The number of likely N-dealkylation sites (tertiary alicyclic amines) is 1. The van der Waals surface area contributed by atoms with Crippen molar-refractivity contribution in [2.45, 2.75) is 45.7 Å². The summed E-state index contributed by atoms with van der Waals surface area (Å²) in [6, 6.07) is 7.56. The highest BCUT2D eigenvalue weighted by Gasteiger charge is 2.26. The first kappa shape index (κ1) is 19.7. The highest BCUT2D eigenvalue weighted by Crippen LogP contribution is 2.27. The number of hydrogen-bond acceptors (Lipinski definition) is 3. The van der Waals surface area contributed by atoms with Gasteiger partial charge >= 0.3 is 0 Å². The molecule has 0 saturated carbocycles. The van der Waals surface area contributed by atoms with E-state index in [1.807, 2.05) is 38.1 Å². The Kier molecular flexibility index (Phi) is 7.07. The maximum absolute atomic E-state index is 12.1. The van der Waals surface area contributed by atoms with Crippen molar-refractivity contribution < 1.29 is 8.42 Å². The molecule has 0 aromatic heterocycles. The Bertz CT molecular complexity index is 611. The summed E-state index contributed by atoms with van der Waals surface area (Å²) < 4.78 is 29.5. The maximum Gasteiger partial charge on any atom is 0.277 e. The summed E-state index contributed by atoms with van der Waals surface area (Å²) in [6.07, 6.45) is 2.28. The van der Waals surface area contributed by atoms with Crippen LogP contribution in [0.25, 0.3) is 0 Å². The number of nitrogens with one attached hydrogen (secondary N) is 2. The lowest BCUT2D eigenvalue weighted by Gasteiger charge is -2.37. The zero-order valence-corrected chi connectivity index (χ0v) is 16.2. The Morgan fingerprint density at radius 2 is 1.79 bits per heavy atom. The van der Waals surface area contributed by atoms with Gasteiger partial charge in [-0.1, -0.05) is 30.7 Å². The third-order valence-corrected chi connectivity index (χ3v) is 5.95. The van der Waals surface area contributed by atoms with E-state index in [0.717, 1.165) is 37.4 Å². The van der Waals surface area contributed by atoms with Crippen LogP contribution in [0.15, 0.2) is 24.3 Å². The molecule has 0 aliphatic carbocycles. The predicted molar refractivity (Wildman–Crippen MR) is 99.4 cm³/mol. The normalized spacial score (nSPS) is 18.9. The van der Waals surface area contributed by atoms with Crippen molar-refractivity contribution in [1.29, 1.82) is 0 Å². The molecular weight excluding hydrogens is 346 g/mol. The highest BCUT2D eigenvalue weighted by atomic mass is 35.5. The third kappa shape index (κ3) is 6.01. The summed E-state index contributed by atoms with van der Waals surface area (Å²) >= 11 is 5.99. The minimum atomic E-state index is -3.49. The quantitative estimate of drug-likeness (QED) is 0.772. The van der Waals surface area contributed by atoms with Gasteiger partial charge in [0.2, 0.25) is 0 Å². The molecule has 1 saturated heterocycles. The molecule has 0 radical (unpaired) electrons. The molecule has 1 aromatic carbocycles. The zero-order valence-electron chi connectivity index (χ0n) is 14.6. The topological polar surface area (TPSA) is 61.4 Å². The smallest absolute Gasteiger partial charge is 0.277 e. The SMILES string of the molecule is CC1CCN(C(CNS(=O)(=O)NC(C)C)c2ccc(Cl)cc2)CC1. The lowest BCUT2D eigenvalue weighted by atomic mass is 9.96. The number of benzene rings is 1. The van der Waals surface area contributed by atoms with Crippen LogP contribution in [0.2, 0.25) is 5.02 Å². The Balaban J connectivity index is 2.12. The molecule has 1 heterocycles. The monoisotopic (exact) mass is 373 g/mol. The fraction of sp³-hybridized carbons (Fsp3) is 0.647. The van der Waals surface area contributed by atoms with Crippen molar-refractivity contribution in [2.75, 3.05) is 19.6 Å². The van der Waals surface area contributed by atoms with Crippen LogP contribution >= 0.6 is 11.6 Å². The van der Waals surface area contributed by atoms with Gasteiger partial charge in [-0.15, -0.1) is 0 Å². The van der Waals surface area contributed by atoms with Gasteiger partial charge in [-0.2, -0.15) is 13.1 Å². The molecule has 2 rings (SSSR count). The van der Waals surface area contributed by atoms with E-state index in [-0.39, 0.29) is 12.1 Å². The molecule has 1 unspecified atom stereocenters. The maximum atomic E-state index is 12.1. The van der Waals surface area contributed by atoms with Gasteiger partial charge in [0.25, 0.3) is 10.2 Å². The number of hydrogen-bond donors (Lipinski definition) is 2. The van der Waals surface area contributed by atoms with Gasteiger partial charge in [-0.25, -0.2) is 4.72 Å². The van der Waals surface area contributed by atoms with E-state index < -0.39 is 10.2 Å². The second-order valence-electron chi connectivity index (χ2n) is 6.91. The van der Waals surface area contributed by atoms with Crippen molar-refractivity contribution in [2.24, 2.45) is 5.92 Å². The van der Waals surface area contributed by atoms with Gasteiger partial charge in [-0.05, 0) is 63.4 Å². The molecule has 7 heteroatoms. The van der Waals surface area contributed by atoms with Gasteiger partial charge in [0.1, 0.15) is 0 Å². The molecule has 0 bridgehead atoms. The van der Waals surface area contributed by atoms with Gasteiger partial charge < -0.3 is 0 Å². The summed E-state index contributed by atoms with van der Waals surface area (Å²) in [6.45, 7) is 8.19. The van der Waals surface area contributed by atoms with E-state index in [9.17, 15) is 8.42 Å². The second kappa shape index (κ2) is 8.63. The van der Waals surface area contributed by atoms with Gasteiger partial charge in [0, 0.05) is 23.7 Å². The van der Waals surface area contributed by atoms with Gasteiger partial charge in [0.05, 0.1) is 0 Å². The zero-order chi connectivity index (χ0) is 17.7.